The Labute approximate surface area is 192 Å². The summed E-state index contributed by atoms with van der Waals surface area (Å²) in [7, 11) is -2.44. The number of hydrogen-bond acceptors (Lipinski definition) is 5. The molecule has 3 aromatic rings. The molecule has 33 heavy (non-hydrogen) atoms. The predicted octanol–water partition coefficient (Wildman–Crippen LogP) is 5.00. The van der Waals surface area contributed by atoms with E-state index in [4.69, 9.17) is 4.74 Å². The second-order valence-corrected chi connectivity index (χ2v) is 9.31. The minimum atomic E-state index is -4.56. The molecule has 0 atom stereocenters. The second-order valence-electron chi connectivity index (χ2n) is 6.77. The van der Waals surface area contributed by atoms with Gasteiger partial charge in [-0.3, -0.25) is 0 Å². The average Bonchev–Trinajstić information content (AvgIpc) is 3.28. The van der Waals surface area contributed by atoms with Crippen molar-refractivity contribution in [2.24, 2.45) is 0 Å². The van der Waals surface area contributed by atoms with Gasteiger partial charge in [0.2, 0.25) is 10.0 Å². The summed E-state index contributed by atoms with van der Waals surface area (Å²) < 4.78 is 71.2. The maximum absolute atomic E-state index is 12.9. The van der Waals surface area contributed by atoms with Crippen LogP contribution in [0.4, 0.5) is 29.3 Å². The summed E-state index contributed by atoms with van der Waals surface area (Å²) in [5.74, 6) is 0. The van der Waals surface area contributed by atoms with Gasteiger partial charge in [0.15, 0.2) is 0 Å². The van der Waals surface area contributed by atoms with Crippen LogP contribution in [0.5, 0.6) is 0 Å². The van der Waals surface area contributed by atoms with E-state index in [0.29, 0.717) is 5.56 Å². The zero-order valence-electron chi connectivity index (χ0n) is 17.3. The van der Waals surface area contributed by atoms with E-state index in [0.717, 1.165) is 17.7 Å². The Bertz CT molecular complexity index is 1210. The van der Waals surface area contributed by atoms with Gasteiger partial charge in [0.1, 0.15) is 0 Å². The molecule has 0 aliphatic carbocycles. The van der Waals surface area contributed by atoms with Crippen molar-refractivity contribution in [2.75, 3.05) is 30.9 Å². The Morgan fingerprint density at radius 2 is 1.88 bits per heavy atom. The maximum atomic E-state index is 12.9. The van der Waals surface area contributed by atoms with Crippen LogP contribution in [0, 0.1) is 0 Å². The van der Waals surface area contributed by atoms with Gasteiger partial charge in [-0.05, 0) is 52.7 Å². The fraction of sp³-hybridized carbons (Fsp3) is 0.190. The molecule has 0 aliphatic heterocycles. The van der Waals surface area contributed by atoms with Crippen LogP contribution >= 0.6 is 11.3 Å². The number of anilines is 2. The highest BCUT2D eigenvalue weighted by atomic mass is 32.2. The highest BCUT2D eigenvalue weighted by molar-refractivity contribution is 7.89. The Kier molecular flexibility index (Phi) is 7.74. The van der Waals surface area contributed by atoms with Gasteiger partial charge in [0.25, 0.3) is 0 Å². The second kappa shape index (κ2) is 10.3. The summed E-state index contributed by atoms with van der Waals surface area (Å²) in [6.07, 6.45) is -4.56. The highest BCUT2D eigenvalue weighted by Crippen LogP contribution is 2.33. The zero-order chi connectivity index (χ0) is 24.1. The lowest BCUT2D eigenvalue weighted by Gasteiger charge is -2.15. The maximum Gasteiger partial charge on any atom is 0.416 e. The molecule has 0 fully saturated rings. The van der Waals surface area contributed by atoms with Crippen LogP contribution in [0.25, 0.3) is 11.1 Å². The molecule has 7 nitrogen and oxygen atoms in total. The summed E-state index contributed by atoms with van der Waals surface area (Å²) >= 11 is 1.41. The van der Waals surface area contributed by atoms with Crippen LogP contribution in [0.2, 0.25) is 0 Å². The fourth-order valence-corrected chi connectivity index (χ4v) is 4.58. The van der Waals surface area contributed by atoms with Crippen LogP contribution in [-0.4, -0.2) is 34.7 Å². The molecule has 3 rings (SSSR count). The number of amides is 2. The number of thiophene rings is 1. The van der Waals surface area contributed by atoms with Crippen molar-refractivity contribution in [1.29, 1.82) is 0 Å². The molecule has 1 aromatic heterocycles. The molecule has 3 N–H and O–H groups in total. The van der Waals surface area contributed by atoms with Crippen molar-refractivity contribution in [3.05, 3.63) is 64.9 Å². The third-order valence-electron chi connectivity index (χ3n) is 4.43. The monoisotopic (exact) mass is 499 g/mol. The minimum Gasteiger partial charge on any atom is -0.383 e. The number of nitrogens with one attached hydrogen (secondary N) is 3. The van der Waals surface area contributed by atoms with Crippen LogP contribution in [0.1, 0.15) is 5.56 Å². The standard InChI is InChI=1S/C21H20F3N3O4S2/c1-31-9-8-25-33(29,30)17-5-6-18(14-7-10-32-13-14)19(12-17)27-20(28)26-16-4-2-3-15(11-16)21(22,23)24/h2-7,10-13,25H,8-9H2,1H3,(H2,26,27,28). The van der Waals surface area contributed by atoms with Crippen molar-refractivity contribution in [2.45, 2.75) is 11.1 Å². The molecule has 2 aromatic carbocycles. The van der Waals surface area contributed by atoms with Gasteiger partial charge < -0.3 is 15.4 Å². The lowest BCUT2D eigenvalue weighted by molar-refractivity contribution is -0.137. The summed E-state index contributed by atoms with van der Waals surface area (Å²) in [5.41, 5.74) is 0.489. The SMILES string of the molecule is COCCNS(=O)(=O)c1ccc(-c2ccsc2)c(NC(=O)Nc2cccc(C(F)(F)F)c2)c1. The van der Waals surface area contributed by atoms with E-state index >= 15 is 0 Å². The summed E-state index contributed by atoms with van der Waals surface area (Å²) in [6.45, 7) is 0.237. The fourth-order valence-electron chi connectivity index (χ4n) is 2.88. The predicted molar refractivity (Wildman–Crippen MR) is 121 cm³/mol. The Hall–Kier alpha value is -2.93. The van der Waals surface area contributed by atoms with E-state index in [1.54, 1.807) is 12.1 Å². The summed E-state index contributed by atoms with van der Waals surface area (Å²) in [4.78, 5) is 12.5. The molecular weight excluding hydrogens is 479 g/mol. The van der Waals surface area contributed by atoms with Gasteiger partial charge in [-0.1, -0.05) is 12.1 Å². The molecule has 12 heteroatoms. The van der Waals surface area contributed by atoms with Crippen molar-refractivity contribution in [3.8, 4) is 11.1 Å². The van der Waals surface area contributed by atoms with Gasteiger partial charge in [-0.15, -0.1) is 0 Å². The molecule has 176 valence electrons. The first kappa shape index (κ1) is 24.7. The number of carbonyl (C=O) groups is 1. The molecule has 0 radical (unpaired) electrons. The van der Waals surface area contributed by atoms with E-state index in [1.807, 2.05) is 10.8 Å². The van der Waals surface area contributed by atoms with Gasteiger partial charge in [0, 0.05) is 24.9 Å². The van der Waals surface area contributed by atoms with Crippen LogP contribution in [0.15, 0.2) is 64.2 Å². The smallest absolute Gasteiger partial charge is 0.383 e. The lowest BCUT2D eigenvalue weighted by atomic mass is 10.1. The van der Waals surface area contributed by atoms with E-state index in [1.165, 1.54) is 42.7 Å². The molecule has 0 spiro atoms. The minimum absolute atomic E-state index is 0.0594. The van der Waals surface area contributed by atoms with Crippen LogP contribution in [-0.2, 0) is 20.9 Å². The summed E-state index contributed by atoms with van der Waals surface area (Å²) in [6, 6.07) is 9.39. The third-order valence-corrected chi connectivity index (χ3v) is 6.57. The molecule has 0 saturated heterocycles. The number of benzene rings is 2. The van der Waals surface area contributed by atoms with E-state index in [9.17, 15) is 26.4 Å². The number of hydrogen-bond donors (Lipinski definition) is 3. The lowest BCUT2D eigenvalue weighted by Crippen LogP contribution is -2.27. The quantitative estimate of drug-likeness (QED) is 0.380. The zero-order valence-corrected chi connectivity index (χ0v) is 18.9. The van der Waals surface area contributed by atoms with Crippen molar-refractivity contribution in [3.63, 3.8) is 0 Å². The molecule has 1 heterocycles. The first-order valence-electron chi connectivity index (χ1n) is 9.50. The highest BCUT2D eigenvalue weighted by Gasteiger charge is 2.30. The van der Waals surface area contributed by atoms with E-state index in [2.05, 4.69) is 15.4 Å². The van der Waals surface area contributed by atoms with Gasteiger partial charge in [-0.25, -0.2) is 17.9 Å². The van der Waals surface area contributed by atoms with Crippen LogP contribution in [0.3, 0.4) is 0 Å². The van der Waals surface area contributed by atoms with Gasteiger partial charge in [0.05, 0.1) is 22.8 Å². The average molecular weight is 500 g/mol. The number of carbonyl (C=O) groups excluding carboxylic acids is 1. The molecule has 0 saturated carbocycles. The molecule has 0 unspecified atom stereocenters. The number of ether oxygens (including phenoxy) is 1. The largest absolute Gasteiger partial charge is 0.416 e. The Morgan fingerprint density at radius 1 is 1.09 bits per heavy atom. The van der Waals surface area contributed by atoms with Crippen molar-refractivity contribution in [1.82, 2.24) is 4.72 Å². The number of sulfonamides is 1. The third kappa shape index (κ3) is 6.54. The first-order chi connectivity index (χ1) is 15.6. The molecule has 2 amide bonds. The van der Waals surface area contributed by atoms with E-state index < -0.39 is 27.8 Å². The van der Waals surface area contributed by atoms with Crippen molar-refractivity contribution >= 4 is 38.8 Å². The Morgan fingerprint density at radius 3 is 2.55 bits per heavy atom. The number of rotatable bonds is 8. The number of methoxy groups -OCH3 is 1. The molecular formula is C21H20F3N3O4S2. The van der Waals surface area contributed by atoms with Gasteiger partial charge >= 0.3 is 12.2 Å². The van der Waals surface area contributed by atoms with Crippen LogP contribution < -0.4 is 15.4 Å². The molecule has 0 aliphatic rings. The first-order valence-corrected chi connectivity index (χ1v) is 11.9. The Balaban J connectivity index is 1.88. The normalized spacial score (nSPS) is 11.9. The topological polar surface area (TPSA) is 96.5 Å². The molecule has 0 bridgehead atoms. The van der Waals surface area contributed by atoms with Gasteiger partial charge in [-0.2, -0.15) is 24.5 Å². The summed E-state index contributed by atoms with van der Waals surface area (Å²) in [5, 5.41) is 8.52. The van der Waals surface area contributed by atoms with E-state index in [-0.39, 0.29) is 29.4 Å². The number of halogens is 3. The number of urea groups is 1. The number of alkyl halides is 3. The van der Waals surface area contributed by atoms with Crippen molar-refractivity contribution < 1.29 is 31.1 Å².